The van der Waals surface area contributed by atoms with Crippen LogP contribution in [0.1, 0.15) is 21.5 Å². The largest absolute Gasteiger partial charge is 0.396 e. The zero-order chi connectivity index (χ0) is 16.4. The Morgan fingerprint density at radius 3 is 2.13 bits per heavy atom. The molecule has 0 saturated carbocycles. The summed E-state index contributed by atoms with van der Waals surface area (Å²) in [5, 5.41) is 12.4. The zero-order valence-electron chi connectivity index (χ0n) is 12.5. The van der Waals surface area contributed by atoms with Crippen LogP contribution in [-0.4, -0.2) is 24.2 Å². The van der Waals surface area contributed by atoms with Gasteiger partial charge >= 0.3 is 0 Å². The predicted octanol–water partition coefficient (Wildman–Crippen LogP) is 2.47. The number of aliphatic hydroxyl groups is 1. The minimum atomic E-state index is -0.893. The molecular formula is C18H17F2NO2. The lowest BCUT2D eigenvalue weighted by Crippen LogP contribution is -2.41. The van der Waals surface area contributed by atoms with Gasteiger partial charge in [-0.05, 0) is 36.1 Å². The van der Waals surface area contributed by atoms with Gasteiger partial charge in [0.25, 0.3) is 5.91 Å². The van der Waals surface area contributed by atoms with Crippen molar-refractivity contribution in [3.63, 3.8) is 0 Å². The Hall–Kier alpha value is -2.27. The maximum atomic E-state index is 13.6. The van der Waals surface area contributed by atoms with E-state index in [0.29, 0.717) is 12.8 Å². The number of nitrogens with one attached hydrogen (secondary N) is 1. The summed E-state index contributed by atoms with van der Waals surface area (Å²) in [7, 11) is 0. The fourth-order valence-electron chi connectivity index (χ4n) is 3.14. The first-order valence-corrected chi connectivity index (χ1v) is 7.44. The standard InChI is InChI=1S/C18H17F2NO2/c19-14-6-3-7-15(20)16(14)17(23)21-10-18(11-22)8-12-4-1-2-5-13(12)9-18/h1-7,22H,8-11H2,(H,21,23). The Kier molecular flexibility index (Phi) is 4.13. The quantitative estimate of drug-likeness (QED) is 0.910. The minimum Gasteiger partial charge on any atom is -0.396 e. The highest BCUT2D eigenvalue weighted by Crippen LogP contribution is 2.36. The highest BCUT2D eigenvalue weighted by Gasteiger charge is 2.37. The third-order valence-electron chi connectivity index (χ3n) is 4.40. The van der Waals surface area contributed by atoms with Crippen LogP contribution in [0.25, 0.3) is 0 Å². The molecule has 120 valence electrons. The molecule has 0 unspecified atom stereocenters. The van der Waals surface area contributed by atoms with E-state index in [1.807, 2.05) is 24.3 Å². The molecule has 0 radical (unpaired) electrons. The summed E-state index contributed by atoms with van der Waals surface area (Å²) < 4.78 is 27.3. The van der Waals surface area contributed by atoms with Crippen LogP contribution in [-0.2, 0) is 12.8 Å². The lowest BCUT2D eigenvalue weighted by molar-refractivity contribution is 0.0877. The van der Waals surface area contributed by atoms with Gasteiger partial charge in [-0.2, -0.15) is 0 Å². The van der Waals surface area contributed by atoms with Crippen molar-refractivity contribution >= 4 is 5.91 Å². The zero-order valence-corrected chi connectivity index (χ0v) is 12.5. The number of amides is 1. The Bertz CT molecular complexity index is 700. The van der Waals surface area contributed by atoms with Crippen molar-refractivity contribution in [1.82, 2.24) is 5.32 Å². The number of carbonyl (C=O) groups is 1. The number of fused-ring (bicyclic) bond motifs is 1. The molecule has 1 aliphatic carbocycles. The van der Waals surface area contributed by atoms with E-state index >= 15 is 0 Å². The molecule has 2 aromatic rings. The highest BCUT2D eigenvalue weighted by atomic mass is 19.1. The predicted molar refractivity (Wildman–Crippen MR) is 82.1 cm³/mol. The van der Waals surface area contributed by atoms with Crippen LogP contribution in [0, 0.1) is 17.0 Å². The normalized spacial score (nSPS) is 15.3. The Morgan fingerprint density at radius 2 is 1.61 bits per heavy atom. The van der Waals surface area contributed by atoms with Gasteiger partial charge in [0.15, 0.2) is 0 Å². The maximum absolute atomic E-state index is 13.6. The molecule has 1 aliphatic rings. The number of benzene rings is 2. The van der Waals surface area contributed by atoms with Crippen LogP contribution < -0.4 is 5.32 Å². The monoisotopic (exact) mass is 317 g/mol. The molecule has 0 saturated heterocycles. The lowest BCUT2D eigenvalue weighted by atomic mass is 9.85. The summed E-state index contributed by atoms with van der Waals surface area (Å²) in [5.74, 6) is -2.59. The molecule has 0 heterocycles. The third kappa shape index (κ3) is 2.97. The van der Waals surface area contributed by atoms with E-state index in [1.165, 1.54) is 6.07 Å². The molecule has 0 bridgehead atoms. The van der Waals surface area contributed by atoms with Crippen molar-refractivity contribution in [2.24, 2.45) is 5.41 Å². The molecule has 0 atom stereocenters. The van der Waals surface area contributed by atoms with Gasteiger partial charge < -0.3 is 10.4 Å². The summed E-state index contributed by atoms with van der Waals surface area (Å²) in [4.78, 5) is 12.1. The Labute approximate surface area is 133 Å². The van der Waals surface area contributed by atoms with E-state index in [0.717, 1.165) is 23.3 Å². The Morgan fingerprint density at radius 1 is 1.04 bits per heavy atom. The minimum absolute atomic E-state index is 0.109. The average molecular weight is 317 g/mol. The van der Waals surface area contributed by atoms with Gasteiger partial charge in [-0.3, -0.25) is 4.79 Å². The van der Waals surface area contributed by atoms with Crippen LogP contribution in [0.3, 0.4) is 0 Å². The van der Waals surface area contributed by atoms with E-state index in [-0.39, 0.29) is 13.2 Å². The van der Waals surface area contributed by atoms with Gasteiger partial charge in [0.05, 0.1) is 6.61 Å². The molecule has 0 fully saturated rings. The fourth-order valence-corrected chi connectivity index (χ4v) is 3.14. The van der Waals surface area contributed by atoms with Gasteiger partial charge in [0.2, 0.25) is 0 Å². The van der Waals surface area contributed by atoms with Crippen LogP contribution >= 0.6 is 0 Å². The van der Waals surface area contributed by atoms with Gasteiger partial charge in [-0.25, -0.2) is 8.78 Å². The summed E-state index contributed by atoms with van der Waals surface area (Å²) in [6, 6.07) is 11.1. The first-order chi connectivity index (χ1) is 11.0. The summed E-state index contributed by atoms with van der Waals surface area (Å²) in [5.41, 5.74) is 1.15. The molecule has 2 aromatic carbocycles. The van der Waals surface area contributed by atoms with Gasteiger partial charge in [0.1, 0.15) is 17.2 Å². The molecule has 0 aliphatic heterocycles. The van der Waals surface area contributed by atoms with Crippen molar-refractivity contribution in [2.75, 3.05) is 13.2 Å². The fraction of sp³-hybridized carbons (Fsp3) is 0.278. The SMILES string of the molecule is O=C(NCC1(CO)Cc2ccccc2C1)c1c(F)cccc1F. The first-order valence-electron chi connectivity index (χ1n) is 7.44. The van der Waals surface area contributed by atoms with Crippen molar-refractivity contribution in [1.29, 1.82) is 0 Å². The molecule has 3 nitrogen and oxygen atoms in total. The summed E-state index contributed by atoms with van der Waals surface area (Å²) in [6.07, 6.45) is 1.25. The lowest BCUT2D eigenvalue weighted by Gasteiger charge is -2.26. The van der Waals surface area contributed by atoms with E-state index in [4.69, 9.17) is 0 Å². The summed E-state index contributed by atoms with van der Waals surface area (Å²) in [6.45, 7) is 0.0481. The van der Waals surface area contributed by atoms with Gasteiger partial charge in [-0.1, -0.05) is 30.3 Å². The van der Waals surface area contributed by atoms with Gasteiger partial charge in [0, 0.05) is 12.0 Å². The number of halogens is 2. The van der Waals surface area contributed by atoms with Crippen LogP contribution in [0.4, 0.5) is 8.78 Å². The molecule has 2 N–H and O–H groups in total. The number of hydrogen-bond donors (Lipinski definition) is 2. The number of hydrogen-bond acceptors (Lipinski definition) is 2. The molecule has 0 spiro atoms. The number of carbonyl (C=O) groups excluding carboxylic acids is 1. The van der Waals surface area contributed by atoms with Crippen molar-refractivity contribution in [3.05, 3.63) is 70.8 Å². The second kappa shape index (κ2) is 6.08. The molecule has 3 rings (SSSR count). The van der Waals surface area contributed by atoms with E-state index in [1.54, 1.807) is 0 Å². The Balaban J connectivity index is 1.74. The van der Waals surface area contributed by atoms with Crippen LogP contribution in [0.2, 0.25) is 0 Å². The van der Waals surface area contributed by atoms with Crippen molar-refractivity contribution in [3.8, 4) is 0 Å². The van der Waals surface area contributed by atoms with Crippen LogP contribution in [0.5, 0.6) is 0 Å². The molecule has 0 aromatic heterocycles. The van der Waals surface area contributed by atoms with Crippen LogP contribution in [0.15, 0.2) is 42.5 Å². The van der Waals surface area contributed by atoms with Crippen molar-refractivity contribution < 1.29 is 18.7 Å². The molecule has 1 amide bonds. The maximum Gasteiger partial charge on any atom is 0.257 e. The van der Waals surface area contributed by atoms with E-state index in [2.05, 4.69) is 5.32 Å². The highest BCUT2D eigenvalue weighted by molar-refractivity contribution is 5.94. The van der Waals surface area contributed by atoms with E-state index in [9.17, 15) is 18.7 Å². The number of rotatable bonds is 4. The smallest absolute Gasteiger partial charge is 0.257 e. The van der Waals surface area contributed by atoms with Crippen molar-refractivity contribution in [2.45, 2.75) is 12.8 Å². The second-order valence-electron chi connectivity index (χ2n) is 6.06. The molecular weight excluding hydrogens is 300 g/mol. The topological polar surface area (TPSA) is 49.3 Å². The first kappa shape index (κ1) is 15.6. The van der Waals surface area contributed by atoms with E-state index < -0.39 is 28.5 Å². The van der Waals surface area contributed by atoms with Gasteiger partial charge in [-0.15, -0.1) is 0 Å². The number of aliphatic hydroxyl groups excluding tert-OH is 1. The summed E-state index contributed by atoms with van der Waals surface area (Å²) >= 11 is 0. The molecule has 5 heteroatoms. The third-order valence-corrected chi connectivity index (χ3v) is 4.40. The average Bonchev–Trinajstić information content (AvgIpc) is 2.92. The second-order valence-corrected chi connectivity index (χ2v) is 6.06. The molecule has 23 heavy (non-hydrogen) atoms.